The number of ether oxygens (including phenoxy) is 1. The van der Waals surface area contributed by atoms with E-state index < -0.39 is 0 Å². The fourth-order valence-corrected chi connectivity index (χ4v) is 2.49. The first-order valence-electron chi connectivity index (χ1n) is 7.68. The molecule has 21 heavy (non-hydrogen) atoms. The summed E-state index contributed by atoms with van der Waals surface area (Å²) in [6.45, 7) is 2.27. The highest BCUT2D eigenvalue weighted by Gasteiger charge is 2.14. The molecule has 114 valence electrons. The van der Waals surface area contributed by atoms with E-state index in [4.69, 9.17) is 4.74 Å². The minimum atomic E-state index is 0.0291. The second kappa shape index (κ2) is 8.57. The Labute approximate surface area is 125 Å². The summed E-state index contributed by atoms with van der Waals surface area (Å²) < 4.78 is 5.38. The van der Waals surface area contributed by atoms with Crippen LogP contribution in [0.25, 0.3) is 0 Å². The molecule has 1 unspecified atom stereocenters. The standard InChI is InChI=1S/C17H23NO3/c19-16(15-7-2-1-3-8-15)9-4-10-17(20)18-12-14-6-5-11-21-13-14/h1-3,7-8,14H,4-6,9-13H2,(H,18,20). The van der Waals surface area contributed by atoms with E-state index in [1.165, 1.54) is 0 Å². The topological polar surface area (TPSA) is 55.4 Å². The molecule has 0 spiro atoms. The molecule has 0 aromatic heterocycles. The van der Waals surface area contributed by atoms with Gasteiger partial charge in [0.05, 0.1) is 6.61 Å². The van der Waals surface area contributed by atoms with Crippen molar-refractivity contribution < 1.29 is 14.3 Å². The molecule has 2 rings (SSSR count). The number of carbonyl (C=O) groups excluding carboxylic acids is 2. The quantitative estimate of drug-likeness (QED) is 0.785. The van der Waals surface area contributed by atoms with Gasteiger partial charge >= 0.3 is 0 Å². The van der Waals surface area contributed by atoms with Gasteiger partial charge in [0.25, 0.3) is 0 Å². The lowest BCUT2D eigenvalue weighted by atomic mass is 10.0. The summed E-state index contributed by atoms with van der Waals surface area (Å²) >= 11 is 0. The second-order valence-electron chi connectivity index (χ2n) is 5.53. The number of hydrogen-bond donors (Lipinski definition) is 1. The Morgan fingerprint density at radius 1 is 1.19 bits per heavy atom. The summed E-state index contributed by atoms with van der Waals surface area (Å²) in [4.78, 5) is 23.6. The van der Waals surface area contributed by atoms with E-state index >= 15 is 0 Å². The van der Waals surface area contributed by atoms with Crippen LogP contribution in [-0.4, -0.2) is 31.4 Å². The van der Waals surface area contributed by atoms with Crippen LogP contribution in [0, 0.1) is 5.92 Å². The van der Waals surface area contributed by atoms with Crippen LogP contribution in [-0.2, 0) is 9.53 Å². The Morgan fingerprint density at radius 3 is 2.71 bits per heavy atom. The summed E-state index contributed by atoms with van der Waals surface area (Å²) in [5.41, 5.74) is 0.720. The van der Waals surface area contributed by atoms with Crippen LogP contribution in [0.3, 0.4) is 0 Å². The smallest absolute Gasteiger partial charge is 0.220 e. The zero-order valence-corrected chi connectivity index (χ0v) is 12.3. The lowest BCUT2D eigenvalue weighted by Crippen LogP contribution is -2.33. The first-order valence-corrected chi connectivity index (χ1v) is 7.68. The van der Waals surface area contributed by atoms with Gasteiger partial charge in [-0.05, 0) is 25.2 Å². The summed E-state index contributed by atoms with van der Waals surface area (Å²) in [5, 5.41) is 2.94. The normalized spacial score (nSPS) is 18.2. The number of carbonyl (C=O) groups is 2. The average Bonchev–Trinajstić information content (AvgIpc) is 2.54. The maximum atomic E-state index is 11.9. The summed E-state index contributed by atoms with van der Waals surface area (Å²) in [6, 6.07) is 9.22. The molecule has 1 heterocycles. The van der Waals surface area contributed by atoms with Gasteiger partial charge in [0.2, 0.25) is 5.91 Å². The molecule has 0 radical (unpaired) electrons. The van der Waals surface area contributed by atoms with Crippen molar-refractivity contribution in [2.24, 2.45) is 5.92 Å². The highest BCUT2D eigenvalue weighted by atomic mass is 16.5. The molecule has 4 nitrogen and oxygen atoms in total. The fraction of sp³-hybridized carbons (Fsp3) is 0.529. The number of benzene rings is 1. The Kier molecular flexibility index (Phi) is 6.41. The Bertz CT molecular complexity index is 452. The number of Topliss-reactive ketones (excluding diaryl/α,β-unsaturated/α-hetero) is 1. The van der Waals surface area contributed by atoms with E-state index in [0.29, 0.717) is 31.7 Å². The molecule has 1 atom stereocenters. The molecule has 0 bridgehead atoms. The average molecular weight is 289 g/mol. The molecule has 1 aromatic rings. The molecule has 1 aliphatic heterocycles. The highest BCUT2D eigenvalue weighted by Crippen LogP contribution is 2.12. The van der Waals surface area contributed by atoms with Crippen molar-refractivity contribution in [1.29, 1.82) is 0 Å². The SMILES string of the molecule is O=C(CCCC(=O)c1ccccc1)NCC1CCCOC1. The Hall–Kier alpha value is -1.68. The van der Waals surface area contributed by atoms with Crippen LogP contribution >= 0.6 is 0 Å². The molecule has 1 fully saturated rings. The third-order valence-corrected chi connectivity index (χ3v) is 3.75. The van der Waals surface area contributed by atoms with Crippen molar-refractivity contribution in [2.45, 2.75) is 32.1 Å². The largest absolute Gasteiger partial charge is 0.381 e. The van der Waals surface area contributed by atoms with Crippen LogP contribution in [0.2, 0.25) is 0 Å². The van der Waals surface area contributed by atoms with Crippen LogP contribution in [0.5, 0.6) is 0 Å². The molecule has 1 aliphatic rings. The minimum absolute atomic E-state index is 0.0291. The first kappa shape index (κ1) is 15.7. The summed E-state index contributed by atoms with van der Waals surface area (Å²) in [5.74, 6) is 0.569. The Balaban J connectivity index is 1.59. The lowest BCUT2D eigenvalue weighted by Gasteiger charge is -2.22. The van der Waals surface area contributed by atoms with Crippen molar-refractivity contribution >= 4 is 11.7 Å². The zero-order valence-electron chi connectivity index (χ0n) is 12.3. The number of nitrogens with one attached hydrogen (secondary N) is 1. The van der Waals surface area contributed by atoms with Gasteiger partial charge in [-0.1, -0.05) is 30.3 Å². The van der Waals surface area contributed by atoms with E-state index in [9.17, 15) is 9.59 Å². The number of hydrogen-bond acceptors (Lipinski definition) is 3. The van der Waals surface area contributed by atoms with E-state index in [1.54, 1.807) is 0 Å². The van der Waals surface area contributed by atoms with Crippen molar-refractivity contribution in [1.82, 2.24) is 5.32 Å². The van der Waals surface area contributed by atoms with Gasteiger partial charge in [0, 0.05) is 31.6 Å². The molecule has 0 saturated carbocycles. The molecular formula is C17H23NO3. The van der Waals surface area contributed by atoms with E-state index in [2.05, 4.69) is 5.32 Å². The van der Waals surface area contributed by atoms with Crippen LogP contribution in [0.15, 0.2) is 30.3 Å². The molecule has 1 aromatic carbocycles. The molecule has 4 heteroatoms. The number of rotatable bonds is 7. The molecule has 0 aliphatic carbocycles. The van der Waals surface area contributed by atoms with Crippen LogP contribution in [0.4, 0.5) is 0 Å². The van der Waals surface area contributed by atoms with Gasteiger partial charge in [-0.3, -0.25) is 9.59 Å². The maximum Gasteiger partial charge on any atom is 0.220 e. The van der Waals surface area contributed by atoms with E-state index in [1.807, 2.05) is 30.3 Å². The maximum absolute atomic E-state index is 11.9. The molecule has 1 saturated heterocycles. The predicted octanol–water partition coefficient (Wildman–Crippen LogP) is 2.58. The highest BCUT2D eigenvalue weighted by molar-refractivity contribution is 5.96. The molecular weight excluding hydrogens is 266 g/mol. The van der Waals surface area contributed by atoms with Gasteiger partial charge < -0.3 is 10.1 Å². The summed E-state index contributed by atoms with van der Waals surface area (Å²) in [7, 11) is 0. The molecule has 1 amide bonds. The van der Waals surface area contributed by atoms with Gasteiger partial charge in [-0.15, -0.1) is 0 Å². The fourth-order valence-electron chi connectivity index (χ4n) is 2.49. The third-order valence-electron chi connectivity index (χ3n) is 3.75. The van der Waals surface area contributed by atoms with Crippen LogP contribution < -0.4 is 5.32 Å². The van der Waals surface area contributed by atoms with Gasteiger partial charge in [-0.25, -0.2) is 0 Å². The van der Waals surface area contributed by atoms with E-state index in [-0.39, 0.29) is 11.7 Å². The minimum Gasteiger partial charge on any atom is -0.381 e. The summed E-state index contributed by atoms with van der Waals surface area (Å²) in [6.07, 6.45) is 3.62. The van der Waals surface area contributed by atoms with Gasteiger partial charge in [-0.2, -0.15) is 0 Å². The first-order chi connectivity index (χ1) is 10.3. The Morgan fingerprint density at radius 2 is 2.00 bits per heavy atom. The van der Waals surface area contributed by atoms with Gasteiger partial charge in [0.15, 0.2) is 5.78 Å². The lowest BCUT2D eigenvalue weighted by molar-refractivity contribution is -0.121. The van der Waals surface area contributed by atoms with Crippen molar-refractivity contribution in [3.63, 3.8) is 0 Å². The second-order valence-corrected chi connectivity index (χ2v) is 5.53. The van der Waals surface area contributed by atoms with Crippen molar-refractivity contribution in [2.75, 3.05) is 19.8 Å². The van der Waals surface area contributed by atoms with E-state index in [0.717, 1.165) is 31.6 Å². The van der Waals surface area contributed by atoms with Crippen molar-refractivity contribution in [3.8, 4) is 0 Å². The van der Waals surface area contributed by atoms with Crippen LogP contribution in [0.1, 0.15) is 42.5 Å². The van der Waals surface area contributed by atoms with Crippen molar-refractivity contribution in [3.05, 3.63) is 35.9 Å². The third kappa shape index (κ3) is 5.68. The predicted molar refractivity (Wildman–Crippen MR) is 81.2 cm³/mol. The monoisotopic (exact) mass is 289 g/mol. The molecule has 1 N–H and O–H groups in total. The zero-order chi connectivity index (χ0) is 14.9. The van der Waals surface area contributed by atoms with Gasteiger partial charge in [0.1, 0.15) is 0 Å². The number of amides is 1. The number of ketones is 1.